The van der Waals surface area contributed by atoms with Crippen LogP contribution in [0.15, 0.2) is 48.5 Å². The maximum absolute atomic E-state index is 12.5. The molecule has 0 saturated carbocycles. The fraction of sp³-hybridized carbons (Fsp3) is 0.333. The minimum absolute atomic E-state index is 0.156. The predicted molar refractivity (Wildman–Crippen MR) is 98.1 cm³/mol. The second-order valence-corrected chi connectivity index (χ2v) is 6.60. The lowest BCUT2D eigenvalue weighted by molar-refractivity contribution is -0.134. The Labute approximate surface area is 144 Å². The van der Waals surface area contributed by atoms with Gasteiger partial charge in [0.15, 0.2) is 0 Å². The summed E-state index contributed by atoms with van der Waals surface area (Å²) in [4.78, 5) is 25.2. The molecule has 2 aromatic carbocycles. The lowest BCUT2D eigenvalue weighted by Crippen LogP contribution is -2.42. The summed E-state index contributed by atoms with van der Waals surface area (Å²) in [6.45, 7) is 8.18. The summed E-state index contributed by atoms with van der Waals surface area (Å²) in [5.41, 5.74) is 3.82. The Morgan fingerprint density at radius 2 is 1.33 bits per heavy atom. The molecule has 3 heteroatoms. The van der Waals surface area contributed by atoms with E-state index in [4.69, 9.17) is 0 Å². The third-order valence-electron chi connectivity index (χ3n) is 4.09. The Morgan fingerprint density at radius 1 is 0.875 bits per heavy atom. The molecule has 0 atom stereocenters. The zero-order valence-electron chi connectivity index (χ0n) is 14.8. The van der Waals surface area contributed by atoms with Gasteiger partial charge in [-0.25, -0.2) is 0 Å². The number of hydrogen-bond acceptors (Lipinski definition) is 2. The van der Waals surface area contributed by atoms with Crippen molar-refractivity contribution in [3.8, 4) is 11.1 Å². The van der Waals surface area contributed by atoms with Gasteiger partial charge in [-0.1, -0.05) is 48.5 Å². The fourth-order valence-electron chi connectivity index (χ4n) is 3.01. The minimum atomic E-state index is 0.156. The van der Waals surface area contributed by atoms with Gasteiger partial charge in [0.2, 0.25) is 5.91 Å². The number of hydrogen-bond donors (Lipinski definition) is 0. The highest BCUT2D eigenvalue weighted by Gasteiger charge is 2.19. The van der Waals surface area contributed by atoms with E-state index in [2.05, 4.69) is 0 Å². The van der Waals surface area contributed by atoms with Gasteiger partial charge in [0, 0.05) is 17.6 Å². The zero-order valence-corrected chi connectivity index (χ0v) is 14.8. The van der Waals surface area contributed by atoms with Crippen LogP contribution in [0.4, 0.5) is 0 Å². The molecule has 2 rings (SSSR count). The maximum Gasteiger partial charge on any atom is 0.227 e. The van der Waals surface area contributed by atoms with Crippen LogP contribution < -0.4 is 0 Å². The fourth-order valence-corrected chi connectivity index (χ4v) is 3.01. The molecule has 0 fully saturated rings. The standard InChI is InChI=1S/C21H25NO2/c1-15(2)22(16(3)4)21(24)13-17-5-9-19(10-6-17)20-11-7-18(14-23)8-12-20/h5-12,14-16H,13H2,1-4H3. The Kier molecular flexibility index (Phi) is 5.91. The van der Waals surface area contributed by atoms with Crippen molar-refractivity contribution in [2.24, 2.45) is 0 Å². The van der Waals surface area contributed by atoms with Crippen molar-refractivity contribution in [3.05, 3.63) is 59.7 Å². The molecule has 0 aromatic heterocycles. The topological polar surface area (TPSA) is 37.4 Å². The number of carbonyl (C=O) groups is 2. The predicted octanol–water partition coefficient (Wildman–Crippen LogP) is 4.35. The molecule has 1 amide bonds. The number of benzene rings is 2. The summed E-state index contributed by atoms with van der Waals surface area (Å²) in [7, 11) is 0. The average molecular weight is 323 g/mol. The molecule has 0 unspecified atom stereocenters. The molecule has 0 aliphatic rings. The van der Waals surface area contributed by atoms with Crippen molar-refractivity contribution in [2.75, 3.05) is 0 Å². The van der Waals surface area contributed by atoms with Crippen molar-refractivity contribution in [2.45, 2.75) is 46.2 Å². The molecule has 0 radical (unpaired) electrons. The first-order valence-electron chi connectivity index (χ1n) is 8.38. The van der Waals surface area contributed by atoms with Gasteiger partial charge in [-0.3, -0.25) is 9.59 Å². The summed E-state index contributed by atoms with van der Waals surface area (Å²) in [6.07, 6.45) is 1.26. The molecular formula is C21H25NO2. The number of rotatable bonds is 6. The van der Waals surface area contributed by atoms with Crippen LogP contribution in [0.2, 0.25) is 0 Å². The van der Waals surface area contributed by atoms with Crippen LogP contribution in [0.1, 0.15) is 43.6 Å². The van der Waals surface area contributed by atoms with Crippen LogP contribution >= 0.6 is 0 Å². The molecule has 0 N–H and O–H groups in total. The first-order valence-corrected chi connectivity index (χ1v) is 8.38. The van der Waals surface area contributed by atoms with Gasteiger partial charge in [0.25, 0.3) is 0 Å². The van der Waals surface area contributed by atoms with Crippen molar-refractivity contribution >= 4 is 12.2 Å². The van der Waals surface area contributed by atoms with E-state index in [1.165, 1.54) is 0 Å². The number of aldehydes is 1. The molecule has 2 aromatic rings. The largest absolute Gasteiger partial charge is 0.338 e. The minimum Gasteiger partial charge on any atom is -0.338 e. The highest BCUT2D eigenvalue weighted by atomic mass is 16.2. The lowest BCUT2D eigenvalue weighted by atomic mass is 10.0. The van der Waals surface area contributed by atoms with Crippen LogP contribution in [0, 0.1) is 0 Å². The summed E-state index contributed by atoms with van der Waals surface area (Å²) in [6, 6.07) is 15.9. The van der Waals surface area contributed by atoms with E-state index in [1.54, 1.807) is 0 Å². The monoisotopic (exact) mass is 323 g/mol. The number of nitrogens with zero attached hydrogens (tertiary/aromatic N) is 1. The van der Waals surface area contributed by atoms with E-state index in [0.717, 1.165) is 23.0 Å². The van der Waals surface area contributed by atoms with Crippen LogP contribution in [0.5, 0.6) is 0 Å². The number of amides is 1. The van der Waals surface area contributed by atoms with Crippen molar-refractivity contribution in [3.63, 3.8) is 0 Å². The molecule has 0 saturated heterocycles. The molecule has 0 aliphatic heterocycles. The van der Waals surface area contributed by atoms with Crippen LogP contribution in [-0.2, 0) is 11.2 Å². The Bertz CT molecular complexity index is 677. The van der Waals surface area contributed by atoms with Crippen LogP contribution in [-0.4, -0.2) is 29.2 Å². The van der Waals surface area contributed by atoms with E-state index < -0.39 is 0 Å². The molecule has 0 aliphatic carbocycles. The zero-order chi connectivity index (χ0) is 17.7. The van der Waals surface area contributed by atoms with E-state index in [1.807, 2.05) is 81.1 Å². The summed E-state index contributed by atoms with van der Waals surface area (Å²) < 4.78 is 0. The van der Waals surface area contributed by atoms with Gasteiger partial charge in [-0.15, -0.1) is 0 Å². The van der Waals surface area contributed by atoms with Gasteiger partial charge < -0.3 is 4.90 Å². The molecular weight excluding hydrogens is 298 g/mol. The van der Waals surface area contributed by atoms with Gasteiger partial charge in [-0.05, 0) is 44.4 Å². The van der Waals surface area contributed by atoms with Crippen LogP contribution in [0.3, 0.4) is 0 Å². The SMILES string of the molecule is CC(C)N(C(=O)Cc1ccc(-c2ccc(C=O)cc2)cc1)C(C)C. The van der Waals surface area contributed by atoms with Gasteiger partial charge in [0.05, 0.1) is 6.42 Å². The van der Waals surface area contributed by atoms with E-state index >= 15 is 0 Å². The van der Waals surface area contributed by atoms with Gasteiger partial charge in [-0.2, -0.15) is 0 Å². The normalized spacial score (nSPS) is 10.9. The molecule has 24 heavy (non-hydrogen) atoms. The Balaban J connectivity index is 2.11. The average Bonchev–Trinajstić information content (AvgIpc) is 2.55. The Hall–Kier alpha value is -2.42. The molecule has 0 bridgehead atoms. The summed E-state index contributed by atoms with van der Waals surface area (Å²) in [5, 5.41) is 0. The first-order chi connectivity index (χ1) is 11.4. The third kappa shape index (κ3) is 4.31. The van der Waals surface area contributed by atoms with Gasteiger partial charge in [0.1, 0.15) is 6.29 Å². The number of carbonyl (C=O) groups excluding carboxylic acids is 2. The molecule has 0 spiro atoms. The second kappa shape index (κ2) is 7.91. The quantitative estimate of drug-likeness (QED) is 0.741. The molecule has 126 valence electrons. The third-order valence-corrected chi connectivity index (χ3v) is 4.09. The highest BCUT2D eigenvalue weighted by molar-refractivity contribution is 5.80. The lowest BCUT2D eigenvalue weighted by Gasteiger charge is -2.31. The van der Waals surface area contributed by atoms with E-state index in [-0.39, 0.29) is 18.0 Å². The summed E-state index contributed by atoms with van der Waals surface area (Å²) in [5.74, 6) is 0.156. The second-order valence-electron chi connectivity index (χ2n) is 6.60. The van der Waals surface area contributed by atoms with E-state index in [9.17, 15) is 9.59 Å². The van der Waals surface area contributed by atoms with Crippen molar-refractivity contribution < 1.29 is 9.59 Å². The van der Waals surface area contributed by atoms with Crippen molar-refractivity contribution in [1.82, 2.24) is 4.90 Å². The molecule has 0 heterocycles. The summed E-state index contributed by atoms with van der Waals surface area (Å²) >= 11 is 0. The molecule has 3 nitrogen and oxygen atoms in total. The first kappa shape index (κ1) is 17.9. The van der Waals surface area contributed by atoms with Gasteiger partial charge >= 0.3 is 0 Å². The van der Waals surface area contributed by atoms with Crippen molar-refractivity contribution in [1.29, 1.82) is 0 Å². The smallest absolute Gasteiger partial charge is 0.227 e. The highest BCUT2D eigenvalue weighted by Crippen LogP contribution is 2.21. The Morgan fingerprint density at radius 3 is 1.75 bits per heavy atom. The maximum atomic E-state index is 12.5. The van der Waals surface area contributed by atoms with E-state index in [0.29, 0.717) is 12.0 Å². The van der Waals surface area contributed by atoms with Crippen LogP contribution in [0.25, 0.3) is 11.1 Å².